The first-order valence-corrected chi connectivity index (χ1v) is 31.2. The Morgan fingerprint density at radius 3 is 2.21 bits per heavy atom. The standard InChI is InChI=1S/C61H72F3N11O7S2/c1-36(39-6-8-41(9-7-39)54-37(2)67-35-83-54)68-57(78)50-29-45(76)34-75(50)58(79)55(60(3,4)5)69-59(80)61(19-20-61)73-26-24-71(25-27-73)32-38-16-21-72(22-17-38)44-12-10-40(11-13-44)42-28-46-47(31-66-56(46)65-30-42)53(77)51-48(63)14-15-49(52(51)64)70-84(81,82)74-23-18-43(62)33-74/h6-15,28,30-31,35-36,38,43,45,50,55,70,76H,16-27,29,32-34H2,1-5H3,(H,65,66)(H,68,78)(H,69,80)/t36?,43-,45-,50+,55?/m1/s1. The highest BCUT2D eigenvalue weighted by Crippen LogP contribution is 2.44. The summed E-state index contributed by atoms with van der Waals surface area (Å²) < 4.78 is 73.5. The second kappa shape index (κ2) is 23.6. The molecule has 0 spiro atoms. The summed E-state index contributed by atoms with van der Waals surface area (Å²) >= 11 is 1.58. The van der Waals surface area contributed by atoms with Crippen LogP contribution in [-0.2, 0) is 24.6 Å². The number of aliphatic hydroxyl groups is 1. The molecule has 1 aliphatic carbocycles. The van der Waals surface area contributed by atoms with Crippen molar-refractivity contribution in [3.8, 4) is 21.6 Å². The molecule has 5 aliphatic rings. The summed E-state index contributed by atoms with van der Waals surface area (Å²) in [6.07, 6.45) is 4.23. The lowest BCUT2D eigenvalue weighted by Gasteiger charge is -2.42. The molecular formula is C61H72F3N11O7S2. The first kappa shape index (κ1) is 59.0. The van der Waals surface area contributed by atoms with Crippen molar-refractivity contribution in [3.63, 3.8) is 0 Å². The Morgan fingerprint density at radius 2 is 1.57 bits per heavy atom. The number of hydrogen-bond donors (Lipinski definition) is 5. The highest BCUT2D eigenvalue weighted by molar-refractivity contribution is 7.90. The Labute approximate surface area is 491 Å². The quantitative estimate of drug-likeness (QED) is 0.0558. The number of hydrogen-bond acceptors (Lipinski definition) is 13. The Morgan fingerprint density at radius 1 is 0.869 bits per heavy atom. The monoisotopic (exact) mass is 1190 g/mol. The van der Waals surface area contributed by atoms with Crippen LogP contribution in [0.2, 0.25) is 0 Å². The van der Waals surface area contributed by atoms with E-state index in [0.29, 0.717) is 35.4 Å². The van der Waals surface area contributed by atoms with Gasteiger partial charge in [-0.05, 0) is 104 Å². The van der Waals surface area contributed by atoms with E-state index in [1.165, 1.54) is 11.1 Å². The molecule has 2 unspecified atom stereocenters. The topological polar surface area (TPSA) is 217 Å². The fourth-order valence-electron chi connectivity index (χ4n) is 12.5. The fourth-order valence-corrected chi connectivity index (χ4v) is 14.6. The number of β-amino-alcohol motifs (C(OH)–C–C–N with tert-alkyl or cyclic N) is 1. The van der Waals surface area contributed by atoms with Gasteiger partial charge in [-0.3, -0.25) is 28.8 Å². The van der Waals surface area contributed by atoms with Gasteiger partial charge in [0.2, 0.25) is 23.5 Å². The van der Waals surface area contributed by atoms with Gasteiger partial charge in [0, 0.05) is 106 Å². The maximum atomic E-state index is 15.9. The normalized spacial score (nSPS) is 21.6. The average molecular weight is 1190 g/mol. The number of aliphatic hydroxyl groups excluding tert-OH is 1. The molecule has 3 aromatic heterocycles. The van der Waals surface area contributed by atoms with Gasteiger partial charge in [0.25, 0.3) is 0 Å². The number of anilines is 2. The van der Waals surface area contributed by atoms with Crippen LogP contribution in [0, 0.1) is 29.9 Å². The van der Waals surface area contributed by atoms with Crippen LogP contribution in [0.4, 0.5) is 24.5 Å². The molecule has 7 heterocycles. The van der Waals surface area contributed by atoms with Crippen LogP contribution in [0.1, 0.15) is 99.4 Å². The van der Waals surface area contributed by atoms with Crippen LogP contribution < -0.4 is 20.3 Å². The van der Waals surface area contributed by atoms with Crippen molar-refractivity contribution in [3.05, 3.63) is 119 Å². The number of pyridine rings is 1. The van der Waals surface area contributed by atoms with Crippen LogP contribution in [-0.4, -0.2) is 166 Å². The SMILES string of the molecule is Cc1ncsc1-c1ccc(C(C)NC(=O)[C@@H]2C[C@@H](O)CN2C(=O)C(NC(=O)C2(N3CCN(CC4CCN(c5ccc(-c6cnc7[nH]cc(C(=O)c8c(F)ccc(NS(=O)(=O)N9CC[C@@H](F)C9)c8F)c7c6)cc5)CC4)CC3)CC2)C(C)(C)C)cc1. The van der Waals surface area contributed by atoms with Gasteiger partial charge in [-0.2, -0.15) is 12.7 Å². The van der Waals surface area contributed by atoms with E-state index in [-0.39, 0.29) is 55.3 Å². The molecule has 0 bridgehead atoms. The summed E-state index contributed by atoms with van der Waals surface area (Å²) in [5.41, 5.74) is 4.57. The second-order valence-electron chi connectivity index (χ2n) is 24.4. The number of piperidine rings is 1. The molecule has 5 N–H and O–H groups in total. The number of likely N-dealkylation sites (tertiary alicyclic amines) is 1. The van der Waals surface area contributed by atoms with Crippen LogP contribution in [0.25, 0.3) is 32.6 Å². The summed E-state index contributed by atoms with van der Waals surface area (Å²) in [6.45, 7) is 14.9. The van der Waals surface area contributed by atoms with E-state index in [2.05, 4.69) is 40.3 Å². The van der Waals surface area contributed by atoms with Crippen molar-refractivity contribution in [2.45, 2.75) is 109 Å². The lowest BCUT2D eigenvalue weighted by molar-refractivity contribution is -0.145. The van der Waals surface area contributed by atoms with E-state index in [1.54, 1.807) is 23.6 Å². The van der Waals surface area contributed by atoms with E-state index >= 15 is 8.78 Å². The minimum Gasteiger partial charge on any atom is -0.391 e. The number of thiazole rings is 1. The van der Waals surface area contributed by atoms with E-state index in [9.17, 15) is 37.1 Å². The Bertz CT molecular complexity index is 3560. The van der Waals surface area contributed by atoms with Crippen LogP contribution >= 0.6 is 11.3 Å². The number of carbonyl (C=O) groups is 4. The smallest absolute Gasteiger partial charge is 0.301 e. The molecule has 11 rings (SSSR count). The lowest BCUT2D eigenvalue weighted by atomic mass is 9.85. The van der Waals surface area contributed by atoms with Crippen LogP contribution in [0.5, 0.6) is 0 Å². The number of carbonyl (C=O) groups excluding carboxylic acids is 4. The molecule has 1 saturated carbocycles. The molecule has 5 atom stereocenters. The number of H-pyrrole nitrogens is 1. The number of benzene rings is 3. The molecular weight excluding hydrogens is 1120 g/mol. The number of halogens is 3. The van der Waals surface area contributed by atoms with E-state index < -0.39 is 80.7 Å². The third kappa shape index (κ3) is 12.1. The summed E-state index contributed by atoms with van der Waals surface area (Å²) in [6, 6.07) is 17.2. The molecule has 6 aromatic rings. The zero-order valence-corrected chi connectivity index (χ0v) is 49.5. The molecule has 0 radical (unpaired) electrons. The third-order valence-corrected chi connectivity index (χ3v) is 20.1. The van der Waals surface area contributed by atoms with Gasteiger partial charge in [-0.1, -0.05) is 57.2 Å². The first-order valence-electron chi connectivity index (χ1n) is 28.9. The minimum atomic E-state index is -4.37. The fraction of sp³-hybridized carbons (Fsp3) is 0.475. The third-order valence-electron chi connectivity index (χ3n) is 17.6. The van der Waals surface area contributed by atoms with E-state index in [4.69, 9.17) is 0 Å². The molecule has 4 aliphatic heterocycles. The minimum absolute atomic E-state index is 0.00222. The summed E-state index contributed by atoms with van der Waals surface area (Å²) in [5, 5.41) is 17.4. The number of piperazine rings is 1. The van der Waals surface area contributed by atoms with Crippen molar-refractivity contribution in [2.75, 3.05) is 75.1 Å². The Balaban J connectivity index is 0.657. The van der Waals surface area contributed by atoms with Gasteiger partial charge >= 0.3 is 10.2 Å². The van der Waals surface area contributed by atoms with Gasteiger partial charge in [-0.15, -0.1) is 11.3 Å². The zero-order valence-electron chi connectivity index (χ0n) is 47.8. The zero-order chi connectivity index (χ0) is 59.4. The van der Waals surface area contributed by atoms with Crippen molar-refractivity contribution < 1.29 is 45.9 Å². The molecule has 3 aromatic carbocycles. The summed E-state index contributed by atoms with van der Waals surface area (Å²) in [5.74, 6) is -3.98. The first-order chi connectivity index (χ1) is 40.1. The number of aryl methyl sites for hydroxylation is 1. The van der Waals surface area contributed by atoms with E-state index in [0.717, 1.165) is 108 Å². The number of aromatic nitrogens is 3. The van der Waals surface area contributed by atoms with Crippen molar-refractivity contribution in [2.24, 2.45) is 11.3 Å². The lowest BCUT2D eigenvalue weighted by Crippen LogP contribution is -2.62. The largest absolute Gasteiger partial charge is 0.391 e. The predicted octanol–water partition coefficient (Wildman–Crippen LogP) is 7.61. The molecule has 3 amide bonds. The predicted molar refractivity (Wildman–Crippen MR) is 316 cm³/mol. The summed E-state index contributed by atoms with van der Waals surface area (Å²) in [7, 11) is -4.37. The van der Waals surface area contributed by atoms with Crippen LogP contribution in [0.3, 0.4) is 0 Å². The highest BCUT2D eigenvalue weighted by Gasteiger charge is 2.56. The number of alkyl halides is 1. The number of amides is 3. The molecule has 446 valence electrons. The molecule has 4 saturated heterocycles. The number of nitrogens with zero attached hydrogens (tertiary/aromatic N) is 7. The Kier molecular flexibility index (Phi) is 16.6. The second-order valence-corrected chi connectivity index (χ2v) is 26.9. The number of fused-ring (bicyclic) bond motifs is 1. The van der Waals surface area contributed by atoms with Crippen LogP contribution in [0.15, 0.2) is 84.6 Å². The molecule has 18 nitrogen and oxygen atoms in total. The maximum absolute atomic E-state index is 15.9. The Hall–Kier alpha value is -6.76. The van der Waals surface area contributed by atoms with Crippen molar-refractivity contribution in [1.29, 1.82) is 0 Å². The molecule has 5 fully saturated rings. The van der Waals surface area contributed by atoms with Crippen molar-refractivity contribution >= 4 is 67.5 Å². The van der Waals surface area contributed by atoms with Gasteiger partial charge in [-0.25, -0.2) is 23.1 Å². The summed E-state index contributed by atoms with van der Waals surface area (Å²) in [4.78, 5) is 78.1. The van der Waals surface area contributed by atoms with Crippen molar-refractivity contribution in [1.82, 2.24) is 44.6 Å². The van der Waals surface area contributed by atoms with Gasteiger partial charge in [0.05, 0.1) is 39.5 Å². The maximum Gasteiger partial charge on any atom is 0.301 e. The number of ketones is 1. The number of aromatic amines is 1. The molecule has 84 heavy (non-hydrogen) atoms. The van der Waals surface area contributed by atoms with E-state index in [1.807, 2.05) is 93.4 Å². The van der Waals surface area contributed by atoms with Gasteiger partial charge in [0.15, 0.2) is 5.82 Å². The van der Waals surface area contributed by atoms with Gasteiger partial charge in [0.1, 0.15) is 35.3 Å². The number of nitrogens with one attached hydrogen (secondary N) is 4. The molecule has 23 heteroatoms. The average Bonchev–Trinajstić information content (AvgIpc) is 2.38. The highest BCUT2D eigenvalue weighted by atomic mass is 32.2. The number of rotatable bonds is 17. The van der Waals surface area contributed by atoms with Gasteiger partial charge < -0.3 is 35.4 Å².